The van der Waals surface area contributed by atoms with Crippen LogP contribution >= 0.6 is 0 Å². The Labute approximate surface area is 196 Å². The maximum atomic E-state index is 4.66. The smallest absolute Gasteiger partial charge is 0.116 e. The molecule has 7 heteroatoms. The molecule has 0 saturated heterocycles. The molecular weight excluding hydrogens is 422 g/mol. The van der Waals surface area contributed by atoms with Crippen LogP contribution in [0.2, 0.25) is 0 Å². The highest BCUT2D eigenvalue weighted by atomic mass is 15.1. The summed E-state index contributed by atoms with van der Waals surface area (Å²) < 4.78 is 0. The van der Waals surface area contributed by atoms with Gasteiger partial charge in [0.25, 0.3) is 0 Å². The second-order valence-corrected chi connectivity index (χ2v) is 8.69. The van der Waals surface area contributed by atoms with Crippen molar-refractivity contribution in [3.05, 3.63) is 85.1 Å². The molecule has 0 aliphatic carbocycles. The normalized spacial score (nSPS) is 11.6. The van der Waals surface area contributed by atoms with Gasteiger partial charge < -0.3 is 9.88 Å². The van der Waals surface area contributed by atoms with E-state index in [2.05, 4.69) is 85.5 Å². The summed E-state index contributed by atoms with van der Waals surface area (Å²) >= 11 is 0. The van der Waals surface area contributed by atoms with Crippen LogP contribution in [0.1, 0.15) is 5.56 Å². The zero-order chi connectivity index (χ0) is 23.1. The third-order valence-corrected chi connectivity index (χ3v) is 5.95. The Morgan fingerprint density at radius 1 is 0.824 bits per heavy atom. The van der Waals surface area contributed by atoms with Gasteiger partial charge >= 0.3 is 0 Å². The van der Waals surface area contributed by atoms with E-state index in [0.29, 0.717) is 0 Å². The van der Waals surface area contributed by atoms with E-state index in [1.165, 1.54) is 0 Å². The molecule has 0 bridgehead atoms. The number of aromatic nitrogens is 6. The fourth-order valence-corrected chi connectivity index (χ4v) is 4.43. The molecule has 0 unspecified atom stereocenters. The highest BCUT2D eigenvalue weighted by molar-refractivity contribution is 6.01. The first-order chi connectivity index (χ1) is 16.7. The van der Waals surface area contributed by atoms with E-state index in [9.17, 15) is 0 Å². The second-order valence-electron chi connectivity index (χ2n) is 8.69. The summed E-state index contributed by atoms with van der Waals surface area (Å²) in [5, 5.41) is 9.92. The number of nitrogens with one attached hydrogen (secondary N) is 2. The summed E-state index contributed by atoms with van der Waals surface area (Å²) in [6.45, 7) is 0.828. The lowest BCUT2D eigenvalue weighted by Crippen LogP contribution is -2.10. The lowest BCUT2D eigenvalue weighted by atomic mass is 10.0. The van der Waals surface area contributed by atoms with Crippen molar-refractivity contribution in [1.82, 2.24) is 35.0 Å². The fraction of sp³-hybridized carbons (Fsp3) is 0.111. The molecule has 5 heterocycles. The number of hydrogen-bond donors (Lipinski definition) is 2. The summed E-state index contributed by atoms with van der Waals surface area (Å²) in [4.78, 5) is 18.9. The number of fused-ring (bicyclic) bond motifs is 2. The Morgan fingerprint density at radius 3 is 2.56 bits per heavy atom. The molecule has 0 amide bonds. The maximum absolute atomic E-state index is 4.66. The first-order valence-electron chi connectivity index (χ1n) is 11.1. The van der Waals surface area contributed by atoms with Gasteiger partial charge in [0.2, 0.25) is 0 Å². The van der Waals surface area contributed by atoms with Crippen LogP contribution in [-0.2, 0) is 6.54 Å². The SMILES string of the molecule is CN(C)Cc1cncc(-c2cc3c(-c4cc5c(-c6ccncc6)cccc5[nH]4)n[nH]c3cn2)c1. The number of H-pyrrole nitrogens is 2. The van der Waals surface area contributed by atoms with Crippen LogP contribution < -0.4 is 0 Å². The van der Waals surface area contributed by atoms with E-state index in [0.717, 1.165) is 67.7 Å². The Morgan fingerprint density at radius 2 is 1.71 bits per heavy atom. The largest absolute Gasteiger partial charge is 0.353 e. The van der Waals surface area contributed by atoms with Crippen LogP contribution in [0.3, 0.4) is 0 Å². The number of nitrogens with zero attached hydrogens (tertiary/aromatic N) is 5. The van der Waals surface area contributed by atoms with Crippen molar-refractivity contribution in [2.24, 2.45) is 0 Å². The Hall–Kier alpha value is -4.36. The topological polar surface area (TPSA) is 86.4 Å². The van der Waals surface area contributed by atoms with Crippen LogP contribution in [0.5, 0.6) is 0 Å². The molecule has 6 aromatic rings. The molecule has 0 fully saturated rings. The van der Waals surface area contributed by atoms with Crippen molar-refractivity contribution < 1.29 is 0 Å². The van der Waals surface area contributed by atoms with E-state index in [1.807, 2.05) is 43.1 Å². The van der Waals surface area contributed by atoms with E-state index in [-0.39, 0.29) is 0 Å². The molecule has 34 heavy (non-hydrogen) atoms. The molecule has 5 aromatic heterocycles. The van der Waals surface area contributed by atoms with Crippen LogP contribution in [0.25, 0.3) is 55.6 Å². The van der Waals surface area contributed by atoms with Gasteiger partial charge in [-0.05, 0) is 67.2 Å². The summed E-state index contributed by atoms with van der Waals surface area (Å²) in [7, 11) is 4.10. The molecule has 6 rings (SSSR count). The van der Waals surface area contributed by atoms with Crippen LogP contribution in [0.4, 0.5) is 0 Å². The molecular formula is C27H23N7. The summed E-state index contributed by atoms with van der Waals surface area (Å²) in [5.74, 6) is 0. The van der Waals surface area contributed by atoms with E-state index >= 15 is 0 Å². The average molecular weight is 446 g/mol. The van der Waals surface area contributed by atoms with Crippen molar-refractivity contribution >= 4 is 21.8 Å². The van der Waals surface area contributed by atoms with Gasteiger partial charge in [-0.3, -0.25) is 20.1 Å². The van der Waals surface area contributed by atoms with Crippen molar-refractivity contribution in [3.63, 3.8) is 0 Å². The maximum Gasteiger partial charge on any atom is 0.116 e. The monoisotopic (exact) mass is 445 g/mol. The predicted molar refractivity (Wildman–Crippen MR) is 135 cm³/mol. The van der Waals surface area contributed by atoms with Crippen molar-refractivity contribution in [2.45, 2.75) is 6.54 Å². The van der Waals surface area contributed by atoms with E-state index in [4.69, 9.17) is 0 Å². The zero-order valence-corrected chi connectivity index (χ0v) is 18.9. The van der Waals surface area contributed by atoms with Gasteiger partial charge in [0.15, 0.2) is 0 Å². The molecule has 0 atom stereocenters. The Balaban J connectivity index is 1.45. The van der Waals surface area contributed by atoms with Crippen LogP contribution in [0.15, 0.2) is 79.5 Å². The molecule has 166 valence electrons. The molecule has 0 aliphatic rings. The summed E-state index contributed by atoms with van der Waals surface area (Å²) in [6.07, 6.45) is 9.23. The number of benzene rings is 1. The highest BCUT2D eigenvalue weighted by Gasteiger charge is 2.15. The number of rotatable bonds is 5. The Bertz CT molecular complexity index is 1610. The van der Waals surface area contributed by atoms with Gasteiger partial charge in [0.1, 0.15) is 5.69 Å². The third kappa shape index (κ3) is 3.62. The van der Waals surface area contributed by atoms with Gasteiger partial charge in [0.05, 0.1) is 23.1 Å². The molecule has 2 N–H and O–H groups in total. The lowest BCUT2D eigenvalue weighted by Gasteiger charge is -2.10. The number of aromatic amines is 2. The minimum atomic E-state index is 0.828. The van der Waals surface area contributed by atoms with Gasteiger partial charge in [-0.1, -0.05) is 12.1 Å². The summed E-state index contributed by atoms with van der Waals surface area (Å²) in [6, 6.07) is 16.7. The van der Waals surface area contributed by atoms with Crippen molar-refractivity contribution in [1.29, 1.82) is 0 Å². The molecule has 7 nitrogen and oxygen atoms in total. The minimum absolute atomic E-state index is 0.828. The number of hydrogen-bond acceptors (Lipinski definition) is 5. The molecule has 0 radical (unpaired) electrons. The quantitative estimate of drug-likeness (QED) is 0.376. The third-order valence-electron chi connectivity index (χ3n) is 5.95. The summed E-state index contributed by atoms with van der Waals surface area (Å²) in [5.41, 5.74) is 9.09. The van der Waals surface area contributed by atoms with E-state index < -0.39 is 0 Å². The molecule has 0 aliphatic heterocycles. The average Bonchev–Trinajstić information content (AvgIpc) is 3.48. The zero-order valence-electron chi connectivity index (χ0n) is 18.9. The molecule has 1 aromatic carbocycles. The number of pyridine rings is 3. The van der Waals surface area contributed by atoms with Crippen molar-refractivity contribution in [2.75, 3.05) is 14.1 Å². The van der Waals surface area contributed by atoms with Gasteiger partial charge in [-0.25, -0.2) is 0 Å². The van der Waals surface area contributed by atoms with E-state index in [1.54, 1.807) is 0 Å². The van der Waals surface area contributed by atoms with Gasteiger partial charge in [0, 0.05) is 53.2 Å². The van der Waals surface area contributed by atoms with Gasteiger partial charge in [-0.2, -0.15) is 5.10 Å². The molecule has 0 spiro atoms. The van der Waals surface area contributed by atoms with Crippen molar-refractivity contribution in [3.8, 4) is 33.8 Å². The van der Waals surface area contributed by atoms with Crippen LogP contribution in [0, 0.1) is 0 Å². The first kappa shape index (κ1) is 20.3. The molecule has 0 saturated carbocycles. The van der Waals surface area contributed by atoms with Gasteiger partial charge in [-0.15, -0.1) is 0 Å². The van der Waals surface area contributed by atoms with Crippen LogP contribution in [-0.4, -0.2) is 49.1 Å². The fourth-order valence-electron chi connectivity index (χ4n) is 4.43. The standard InChI is InChI=1S/C27H23N7/c1-34(2)16-17-10-19(14-29-13-17)24-12-22-26(15-30-24)32-33-27(22)25-11-21-20(4-3-5-23(21)31-25)18-6-8-28-9-7-18/h3-15,31H,16H2,1-2H3,(H,32,33). The predicted octanol–water partition coefficient (Wildman–Crippen LogP) is 5.29. The second kappa shape index (κ2) is 8.20. The first-order valence-corrected chi connectivity index (χ1v) is 11.1. The minimum Gasteiger partial charge on any atom is -0.353 e. The highest BCUT2D eigenvalue weighted by Crippen LogP contribution is 2.34. The lowest BCUT2D eigenvalue weighted by molar-refractivity contribution is 0.402. The Kier molecular flexibility index (Phi) is 4.89.